The van der Waals surface area contributed by atoms with E-state index >= 15 is 0 Å². The third-order valence-electron chi connectivity index (χ3n) is 6.10. The minimum absolute atomic E-state index is 0.121. The molecular formula is C28H27ClN4O3. The van der Waals surface area contributed by atoms with Crippen LogP contribution in [-0.2, 0) is 14.3 Å². The molecule has 3 aromatic carbocycles. The Morgan fingerprint density at radius 1 is 0.917 bits per heavy atom. The standard InChI is InChI=1S/C28H27ClN4O3/c29-24-11-12-25(23(17-24)18-30)31-26(34)19-36-20-27(35)32-13-15-33(16-14-32)28(21-7-3-1-4-8-21)22-9-5-2-6-10-22/h1-12,17,28H,13-16,19-20H2,(H,31,34). The number of ether oxygens (including phenoxy) is 1. The number of carbonyl (C=O) groups is 2. The van der Waals surface area contributed by atoms with Gasteiger partial charge in [-0.15, -0.1) is 0 Å². The van der Waals surface area contributed by atoms with Crippen molar-refractivity contribution < 1.29 is 14.3 Å². The number of halogens is 1. The van der Waals surface area contributed by atoms with Crippen LogP contribution in [0.4, 0.5) is 5.69 Å². The van der Waals surface area contributed by atoms with Crippen LogP contribution in [0.1, 0.15) is 22.7 Å². The predicted molar refractivity (Wildman–Crippen MR) is 138 cm³/mol. The molecule has 7 nitrogen and oxygen atoms in total. The van der Waals surface area contributed by atoms with Crippen molar-refractivity contribution in [2.24, 2.45) is 0 Å². The van der Waals surface area contributed by atoms with E-state index in [1.807, 2.05) is 42.5 Å². The number of nitriles is 1. The van der Waals surface area contributed by atoms with Gasteiger partial charge >= 0.3 is 0 Å². The molecule has 0 bridgehead atoms. The SMILES string of the molecule is N#Cc1cc(Cl)ccc1NC(=O)COCC(=O)N1CCN(C(c2ccccc2)c2ccccc2)CC1. The number of nitrogens with zero attached hydrogens (tertiary/aromatic N) is 3. The second kappa shape index (κ2) is 12.3. The van der Waals surface area contributed by atoms with E-state index in [-0.39, 0.29) is 30.7 Å². The van der Waals surface area contributed by atoms with E-state index in [0.29, 0.717) is 23.8 Å². The highest BCUT2D eigenvalue weighted by Crippen LogP contribution is 2.29. The Morgan fingerprint density at radius 3 is 2.11 bits per heavy atom. The molecule has 1 heterocycles. The smallest absolute Gasteiger partial charge is 0.250 e. The molecule has 2 amide bonds. The number of anilines is 1. The molecule has 3 aromatic rings. The summed E-state index contributed by atoms with van der Waals surface area (Å²) in [5.74, 6) is -0.595. The number of piperazine rings is 1. The number of rotatable bonds is 8. The zero-order valence-electron chi connectivity index (χ0n) is 19.8. The van der Waals surface area contributed by atoms with Gasteiger partial charge in [0, 0.05) is 31.2 Å². The Morgan fingerprint density at radius 2 is 1.53 bits per heavy atom. The lowest BCUT2D eigenvalue weighted by atomic mass is 9.96. The van der Waals surface area contributed by atoms with E-state index in [0.717, 1.165) is 13.1 Å². The molecule has 0 aromatic heterocycles. The molecule has 0 radical (unpaired) electrons. The minimum atomic E-state index is -0.444. The van der Waals surface area contributed by atoms with Crippen molar-refractivity contribution in [1.29, 1.82) is 5.26 Å². The van der Waals surface area contributed by atoms with Crippen LogP contribution in [0.2, 0.25) is 5.02 Å². The van der Waals surface area contributed by atoms with Gasteiger partial charge in [0.05, 0.1) is 17.3 Å². The van der Waals surface area contributed by atoms with Gasteiger partial charge < -0.3 is 15.0 Å². The summed E-state index contributed by atoms with van der Waals surface area (Å²) in [4.78, 5) is 29.0. The van der Waals surface area contributed by atoms with Crippen molar-refractivity contribution in [3.8, 4) is 6.07 Å². The van der Waals surface area contributed by atoms with Crippen LogP contribution in [-0.4, -0.2) is 61.0 Å². The molecule has 1 aliphatic heterocycles. The van der Waals surface area contributed by atoms with E-state index in [2.05, 4.69) is 34.5 Å². The fraction of sp³-hybridized carbons (Fsp3) is 0.250. The minimum Gasteiger partial charge on any atom is -0.362 e. The van der Waals surface area contributed by atoms with Gasteiger partial charge in [0.1, 0.15) is 19.3 Å². The van der Waals surface area contributed by atoms with Crippen LogP contribution in [0.15, 0.2) is 78.9 Å². The van der Waals surface area contributed by atoms with Gasteiger partial charge in [-0.3, -0.25) is 14.5 Å². The Bertz CT molecular complexity index is 1180. The number of nitrogens with one attached hydrogen (secondary N) is 1. The number of benzene rings is 3. The summed E-state index contributed by atoms with van der Waals surface area (Å²) in [5, 5.41) is 12.2. The third kappa shape index (κ3) is 6.49. The normalized spacial score (nSPS) is 13.9. The molecule has 36 heavy (non-hydrogen) atoms. The monoisotopic (exact) mass is 502 g/mol. The van der Waals surface area contributed by atoms with E-state index in [9.17, 15) is 14.9 Å². The summed E-state index contributed by atoms with van der Waals surface area (Å²) in [6.45, 7) is 2.16. The van der Waals surface area contributed by atoms with Crippen LogP contribution in [0.25, 0.3) is 0 Å². The highest BCUT2D eigenvalue weighted by atomic mass is 35.5. The van der Waals surface area contributed by atoms with Crippen molar-refractivity contribution in [2.75, 3.05) is 44.7 Å². The molecular weight excluding hydrogens is 476 g/mol. The molecule has 1 N–H and O–H groups in total. The first-order valence-corrected chi connectivity index (χ1v) is 12.1. The fourth-order valence-corrected chi connectivity index (χ4v) is 4.51. The average Bonchev–Trinajstić information content (AvgIpc) is 2.91. The van der Waals surface area contributed by atoms with Crippen LogP contribution in [0.3, 0.4) is 0 Å². The van der Waals surface area contributed by atoms with Crippen molar-refractivity contribution in [3.05, 3.63) is 101 Å². The summed E-state index contributed by atoms with van der Waals surface area (Å²) in [5.41, 5.74) is 3.05. The van der Waals surface area contributed by atoms with Crippen LogP contribution < -0.4 is 5.32 Å². The van der Waals surface area contributed by atoms with Gasteiger partial charge in [-0.2, -0.15) is 5.26 Å². The largest absolute Gasteiger partial charge is 0.362 e. The van der Waals surface area contributed by atoms with Gasteiger partial charge in [-0.05, 0) is 29.3 Å². The van der Waals surface area contributed by atoms with Crippen LogP contribution in [0, 0.1) is 11.3 Å². The molecule has 1 saturated heterocycles. The van der Waals surface area contributed by atoms with Gasteiger partial charge in [-0.25, -0.2) is 0 Å². The quantitative estimate of drug-likeness (QED) is 0.501. The third-order valence-corrected chi connectivity index (χ3v) is 6.33. The van der Waals surface area contributed by atoms with Gasteiger partial charge in [0.2, 0.25) is 11.8 Å². The van der Waals surface area contributed by atoms with Crippen LogP contribution >= 0.6 is 11.6 Å². The van der Waals surface area contributed by atoms with Crippen molar-refractivity contribution in [2.45, 2.75) is 6.04 Å². The molecule has 0 spiro atoms. The first-order chi connectivity index (χ1) is 17.5. The molecule has 4 rings (SSSR count). The molecule has 0 aliphatic carbocycles. The number of hydrogen-bond donors (Lipinski definition) is 1. The highest BCUT2D eigenvalue weighted by Gasteiger charge is 2.28. The van der Waals surface area contributed by atoms with Crippen molar-refractivity contribution in [3.63, 3.8) is 0 Å². The average molecular weight is 503 g/mol. The topological polar surface area (TPSA) is 85.7 Å². The van der Waals surface area contributed by atoms with Gasteiger partial charge in [-0.1, -0.05) is 72.3 Å². The van der Waals surface area contributed by atoms with Gasteiger partial charge in [0.15, 0.2) is 0 Å². The second-order valence-electron chi connectivity index (χ2n) is 8.48. The molecule has 1 aliphatic rings. The maximum absolute atomic E-state index is 12.7. The number of hydrogen-bond acceptors (Lipinski definition) is 5. The molecule has 0 saturated carbocycles. The molecule has 1 fully saturated rings. The first-order valence-electron chi connectivity index (χ1n) is 11.7. The first kappa shape index (κ1) is 25.4. The molecule has 0 unspecified atom stereocenters. The Labute approximate surface area is 215 Å². The Balaban J connectivity index is 1.27. The number of carbonyl (C=O) groups excluding carboxylic acids is 2. The van der Waals surface area contributed by atoms with E-state index < -0.39 is 5.91 Å². The lowest BCUT2D eigenvalue weighted by Gasteiger charge is -2.39. The second-order valence-corrected chi connectivity index (χ2v) is 8.92. The van der Waals surface area contributed by atoms with Crippen LogP contribution in [0.5, 0.6) is 0 Å². The summed E-state index contributed by atoms with van der Waals surface area (Å²) in [6.07, 6.45) is 0. The Hall–Kier alpha value is -3.70. The van der Waals surface area contributed by atoms with E-state index in [1.165, 1.54) is 17.2 Å². The molecule has 8 heteroatoms. The van der Waals surface area contributed by atoms with Gasteiger partial charge in [0.25, 0.3) is 0 Å². The number of amides is 2. The summed E-state index contributed by atoms with van der Waals surface area (Å²) in [6, 6.07) is 27.5. The molecule has 184 valence electrons. The highest BCUT2D eigenvalue weighted by molar-refractivity contribution is 6.30. The fourth-order valence-electron chi connectivity index (χ4n) is 4.34. The zero-order chi connectivity index (χ0) is 25.3. The Kier molecular flexibility index (Phi) is 8.69. The summed E-state index contributed by atoms with van der Waals surface area (Å²) < 4.78 is 5.37. The van der Waals surface area contributed by atoms with Crippen molar-refractivity contribution in [1.82, 2.24) is 9.80 Å². The zero-order valence-corrected chi connectivity index (χ0v) is 20.5. The van der Waals surface area contributed by atoms with E-state index in [1.54, 1.807) is 17.0 Å². The van der Waals surface area contributed by atoms with Crippen molar-refractivity contribution >= 4 is 29.1 Å². The maximum atomic E-state index is 12.7. The summed E-state index contributed by atoms with van der Waals surface area (Å²) >= 11 is 5.88. The lowest BCUT2D eigenvalue weighted by molar-refractivity contribution is -0.139. The van der Waals surface area contributed by atoms with E-state index in [4.69, 9.17) is 16.3 Å². The molecule has 0 atom stereocenters. The lowest BCUT2D eigenvalue weighted by Crippen LogP contribution is -2.50. The summed E-state index contributed by atoms with van der Waals surface area (Å²) in [7, 11) is 0. The maximum Gasteiger partial charge on any atom is 0.250 e. The predicted octanol–water partition coefficient (Wildman–Crippen LogP) is 4.10.